The summed E-state index contributed by atoms with van der Waals surface area (Å²) in [5.41, 5.74) is 2.82. The summed E-state index contributed by atoms with van der Waals surface area (Å²) in [5.74, 6) is 1.24. The maximum atomic E-state index is 12.6. The molecule has 0 spiro atoms. The van der Waals surface area contributed by atoms with Crippen LogP contribution in [0, 0.1) is 0 Å². The number of nitrogens with zero attached hydrogens (tertiary/aromatic N) is 3. The van der Waals surface area contributed by atoms with Gasteiger partial charge < -0.3 is 10.2 Å². The molecule has 3 aromatic rings. The zero-order chi connectivity index (χ0) is 18.5. The molecule has 0 unspecified atom stereocenters. The van der Waals surface area contributed by atoms with Gasteiger partial charge in [0.05, 0.1) is 0 Å². The van der Waals surface area contributed by atoms with Crippen LogP contribution in [0.5, 0.6) is 0 Å². The van der Waals surface area contributed by atoms with Crippen LogP contribution in [0.25, 0.3) is 11.1 Å². The molecule has 5 heteroatoms. The number of nitrogens with one attached hydrogen (secondary N) is 1. The number of anilines is 2. The minimum atomic E-state index is -0.169. The van der Waals surface area contributed by atoms with E-state index in [2.05, 4.69) is 32.3 Å². The Bertz CT molecular complexity index is 903. The van der Waals surface area contributed by atoms with Gasteiger partial charge in [-0.05, 0) is 42.5 Å². The predicted octanol–water partition coefficient (Wildman–Crippen LogP) is 4.39. The van der Waals surface area contributed by atoms with Crippen molar-refractivity contribution < 1.29 is 4.79 Å². The van der Waals surface area contributed by atoms with Gasteiger partial charge in [0.2, 0.25) is 0 Å². The molecular weight excluding hydrogens is 336 g/mol. The molecule has 1 aliphatic rings. The summed E-state index contributed by atoms with van der Waals surface area (Å²) >= 11 is 0. The van der Waals surface area contributed by atoms with Crippen molar-refractivity contribution in [2.24, 2.45) is 0 Å². The summed E-state index contributed by atoms with van der Waals surface area (Å²) in [4.78, 5) is 23.4. The lowest BCUT2D eigenvalue weighted by Gasteiger charge is -2.27. The second kappa shape index (κ2) is 7.99. The third-order valence-corrected chi connectivity index (χ3v) is 4.83. The highest BCUT2D eigenvalue weighted by Crippen LogP contribution is 2.21. The summed E-state index contributed by atoms with van der Waals surface area (Å²) in [7, 11) is 0. The molecule has 1 aromatic heterocycles. The highest BCUT2D eigenvalue weighted by atomic mass is 16.1. The summed E-state index contributed by atoms with van der Waals surface area (Å²) in [6.45, 7) is 2.01. The Morgan fingerprint density at radius 1 is 0.852 bits per heavy atom. The Labute approximate surface area is 159 Å². The lowest BCUT2D eigenvalue weighted by Crippen LogP contribution is -2.30. The number of benzene rings is 2. The number of amides is 1. The Morgan fingerprint density at radius 3 is 2.30 bits per heavy atom. The molecule has 1 aliphatic heterocycles. The van der Waals surface area contributed by atoms with E-state index in [-0.39, 0.29) is 5.91 Å². The first-order valence-corrected chi connectivity index (χ1v) is 9.33. The molecule has 1 amide bonds. The van der Waals surface area contributed by atoms with E-state index in [0.29, 0.717) is 11.4 Å². The van der Waals surface area contributed by atoms with Gasteiger partial charge in [-0.1, -0.05) is 42.5 Å². The van der Waals surface area contributed by atoms with E-state index in [1.54, 1.807) is 0 Å². The number of carbonyl (C=O) groups excluding carboxylic acids is 1. The van der Waals surface area contributed by atoms with Crippen LogP contribution in [0.4, 0.5) is 11.6 Å². The summed E-state index contributed by atoms with van der Waals surface area (Å²) in [6, 6.07) is 19.6. The van der Waals surface area contributed by atoms with Crippen LogP contribution in [-0.2, 0) is 0 Å². The lowest BCUT2D eigenvalue weighted by molar-refractivity contribution is 0.102. The molecule has 0 radical (unpaired) electrons. The quantitative estimate of drug-likeness (QED) is 0.752. The van der Waals surface area contributed by atoms with Crippen LogP contribution in [-0.4, -0.2) is 29.0 Å². The number of rotatable bonds is 4. The van der Waals surface area contributed by atoms with Gasteiger partial charge in [0.15, 0.2) is 0 Å². The Balaban J connectivity index is 1.46. The Hall–Kier alpha value is -3.21. The lowest BCUT2D eigenvalue weighted by atomic mass is 10.0. The maximum Gasteiger partial charge on any atom is 0.256 e. The van der Waals surface area contributed by atoms with Crippen molar-refractivity contribution in [3.63, 3.8) is 0 Å². The molecule has 0 saturated carbocycles. The fourth-order valence-corrected chi connectivity index (χ4v) is 3.34. The average Bonchev–Trinajstić information content (AvgIpc) is 2.75. The molecule has 27 heavy (non-hydrogen) atoms. The molecule has 1 fully saturated rings. The molecule has 2 heterocycles. The minimum Gasteiger partial charge on any atom is -0.356 e. The van der Waals surface area contributed by atoms with Crippen LogP contribution in [0.15, 0.2) is 67.0 Å². The highest BCUT2D eigenvalue weighted by molar-refractivity contribution is 6.04. The topological polar surface area (TPSA) is 58.1 Å². The first kappa shape index (κ1) is 17.2. The molecule has 0 bridgehead atoms. The molecular formula is C22H22N4O. The summed E-state index contributed by atoms with van der Waals surface area (Å²) in [6.07, 6.45) is 5.14. The van der Waals surface area contributed by atoms with Crippen LogP contribution in [0.3, 0.4) is 0 Å². The van der Waals surface area contributed by atoms with Gasteiger partial charge in [-0.15, -0.1) is 0 Å². The predicted molar refractivity (Wildman–Crippen MR) is 108 cm³/mol. The molecule has 136 valence electrons. The molecule has 2 aromatic carbocycles. The Morgan fingerprint density at radius 2 is 1.56 bits per heavy atom. The van der Waals surface area contributed by atoms with Crippen molar-refractivity contribution in [2.45, 2.75) is 19.3 Å². The van der Waals surface area contributed by atoms with Crippen molar-refractivity contribution >= 4 is 17.5 Å². The average molecular weight is 358 g/mol. The normalized spacial score (nSPS) is 14.0. The molecule has 0 aliphatic carbocycles. The van der Waals surface area contributed by atoms with Gasteiger partial charge in [-0.25, -0.2) is 9.97 Å². The van der Waals surface area contributed by atoms with E-state index in [4.69, 9.17) is 0 Å². The smallest absolute Gasteiger partial charge is 0.256 e. The first-order valence-electron chi connectivity index (χ1n) is 9.33. The van der Waals surface area contributed by atoms with Crippen molar-refractivity contribution in [1.29, 1.82) is 0 Å². The third-order valence-electron chi connectivity index (χ3n) is 4.83. The zero-order valence-corrected chi connectivity index (χ0v) is 15.1. The van der Waals surface area contributed by atoms with Crippen molar-refractivity contribution in [1.82, 2.24) is 9.97 Å². The van der Waals surface area contributed by atoms with Crippen molar-refractivity contribution in [3.05, 3.63) is 72.6 Å². The number of aromatic nitrogens is 2. The third kappa shape index (κ3) is 4.14. The van der Waals surface area contributed by atoms with Crippen molar-refractivity contribution in [2.75, 3.05) is 23.3 Å². The minimum absolute atomic E-state index is 0.169. The van der Waals surface area contributed by atoms with Crippen LogP contribution < -0.4 is 10.2 Å². The molecule has 5 nitrogen and oxygen atoms in total. The largest absolute Gasteiger partial charge is 0.356 e. The number of carbonyl (C=O) groups is 1. The number of hydrogen-bond acceptors (Lipinski definition) is 4. The fraction of sp³-hybridized carbons (Fsp3) is 0.227. The molecule has 0 atom stereocenters. The van der Waals surface area contributed by atoms with Crippen molar-refractivity contribution in [3.8, 4) is 11.1 Å². The van der Waals surface area contributed by atoms with Gasteiger partial charge >= 0.3 is 0 Å². The SMILES string of the molecule is O=C(Nc1cc(N2CCCCC2)ncn1)c1ccc(-c2ccccc2)cc1. The van der Waals surface area contributed by atoms with E-state index >= 15 is 0 Å². The van der Waals surface area contributed by atoms with E-state index < -0.39 is 0 Å². The number of hydrogen-bond donors (Lipinski definition) is 1. The zero-order valence-electron chi connectivity index (χ0n) is 15.1. The van der Waals surface area contributed by atoms with Gasteiger partial charge in [0.25, 0.3) is 5.91 Å². The Kier molecular flexibility index (Phi) is 5.10. The van der Waals surface area contributed by atoms with Gasteiger partial charge in [0.1, 0.15) is 18.0 Å². The van der Waals surface area contributed by atoms with Crippen LogP contribution in [0.2, 0.25) is 0 Å². The number of piperidine rings is 1. The molecule has 4 rings (SSSR count). The first-order chi connectivity index (χ1) is 13.3. The van der Waals surface area contributed by atoms with Gasteiger partial charge in [-0.2, -0.15) is 0 Å². The fourth-order valence-electron chi connectivity index (χ4n) is 3.34. The summed E-state index contributed by atoms with van der Waals surface area (Å²) in [5, 5.41) is 2.88. The van der Waals surface area contributed by atoms with Crippen LogP contribution >= 0.6 is 0 Å². The van der Waals surface area contributed by atoms with Gasteiger partial charge in [-0.3, -0.25) is 4.79 Å². The monoisotopic (exact) mass is 358 g/mol. The molecule has 1 saturated heterocycles. The standard InChI is InChI=1S/C22H22N4O/c27-22(19-11-9-18(10-12-19)17-7-3-1-4-8-17)25-20-15-21(24-16-23-20)26-13-5-2-6-14-26/h1,3-4,7-12,15-16H,2,5-6,13-14H2,(H,23,24,25,27). The van der Waals surface area contributed by atoms with E-state index in [1.165, 1.54) is 25.6 Å². The van der Waals surface area contributed by atoms with Crippen LogP contribution in [0.1, 0.15) is 29.6 Å². The second-order valence-electron chi connectivity index (χ2n) is 6.71. The highest BCUT2D eigenvalue weighted by Gasteiger charge is 2.14. The second-order valence-corrected chi connectivity index (χ2v) is 6.71. The van der Waals surface area contributed by atoms with E-state index in [0.717, 1.165) is 30.0 Å². The molecule has 1 N–H and O–H groups in total. The maximum absolute atomic E-state index is 12.6. The van der Waals surface area contributed by atoms with Gasteiger partial charge in [0, 0.05) is 24.7 Å². The van der Waals surface area contributed by atoms with E-state index in [1.807, 2.05) is 48.5 Å². The summed E-state index contributed by atoms with van der Waals surface area (Å²) < 4.78 is 0. The van der Waals surface area contributed by atoms with E-state index in [9.17, 15) is 4.79 Å².